The summed E-state index contributed by atoms with van der Waals surface area (Å²) < 4.78 is 8.62. The van der Waals surface area contributed by atoms with E-state index in [1.54, 1.807) is 18.2 Å². The van der Waals surface area contributed by atoms with Crippen molar-refractivity contribution in [3.05, 3.63) is 75.5 Å². The molecule has 1 heterocycles. The van der Waals surface area contributed by atoms with E-state index in [1.165, 1.54) is 17.3 Å². The van der Waals surface area contributed by atoms with Crippen LogP contribution in [0.3, 0.4) is 0 Å². The Labute approximate surface area is 199 Å². The number of hydrogen-bond donors (Lipinski definition) is 1. The SMILES string of the molecule is C=CCn1c(COc2ccc(C)c(C)c2)nnc1SCC(=O)Nc1ccc(Br)cc1Cl. The van der Waals surface area contributed by atoms with Crippen molar-refractivity contribution >= 4 is 50.9 Å². The van der Waals surface area contributed by atoms with Gasteiger partial charge in [0, 0.05) is 11.0 Å². The Hall–Kier alpha value is -2.29. The summed E-state index contributed by atoms with van der Waals surface area (Å²) >= 11 is 10.8. The molecule has 0 spiro atoms. The molecule has 9 heteroatoms. The molecular formula is C22H22BrClN4O2S. The Balaban J connectivity index is 1.63. The van der Waals surface area contributed by atoms with E-state index in [1.807, 2.05) is 35.8 Å². The number of anilines is 1. The lowest BCUT2D eigenvalue weighted by Gasteiger charge is -2.10. The van der Waals surface area contributed by atoms with Crippen molar-refractivity contribution in [2.75, 3.05) is 11.1 Å². The molecule has 31 heavy (non-hydrogen) atoms. The average Bonchev–Trinajstić information content (AvgIpc) is 3.11. The molecule has 3 rings (SSSR count). The first-order valence-corrected chi connectivity index (χ1v) is 11.6. The van der Waals surface area contributed by atoms with Gasteiger partial charge in [0.2, 0.25) is 5.91 Å². The maximum Gasteiger partial charge on any atom is 0.234 e. The molecule has 162 valence electrons. The molecule has 0 aliphatic carbocycles. The molecule has 0 radical (unpaired) electrons. The van der Waals surface area contributed by atoms with Gasteiger partial charge in [-0.15, -0.1) is 16.8 Å². The smallest absolute Gasteiger partial charge is 0.234 e. The molecule has 1 N–H and O–H groups in total. The van der Waals surface area contributed by atoms with Gasteiger partial charge in [-0.1, -0.05) is 51.4 Å². The van der Waals surface area contributed by atoms with E-state index in [0.717, 1.165) is 15.8 Å². The number of halogens is 2. The topological polar surface area (TPSA) is 69.0 Å². The maximum absolute atomic E-state index is 12.4. The Bertz CT molecular complexity index is 1100. The number of thioether (sulfide) groups is 1. The number of carbonyl (C=O) groups is 1. The number of benzene rings is 2. The van der Waals surface area contributed by atoms with Crippen molar-refractivity contribution in [3.63, 3.8) is 0 Å². The molecule has 0 aliphatic heterocycles. The molecule has 0 saturated heterocycles. The highest BCUT2D eigenvalue weighted by molar-refractivity contribution is 9.10. The van der Waals surface area contributed by atoms with E-state index in [4.69, 9.17) is 16.3 Å². The van der Waals surface area contributed by atoms with Crippen LogP contribution in [-0.4, -0.2) is 26.4 Å². The second-order valence-electron chi connectivity index (χ2n) is 6.79. The van der Waals surface area contributed by atoms with Gasteiger partial charge in [0.05, 0.1) is 16.5 Å². The van der Waals surface area contributed by atoms with Crippen molar-refractivity contribution in [1.29, 1.82) is 0 Å². The van der Waals surface area contributed by atoms with E-state index >= 15 is 0 Å². The molecular weight excluding hydrogens is 500 g/mol. The zero-order chi connectivity index (χ0) is 22.4. The quantitative estimate of drug-likeness (QED) is 0.284. The summed E-state index contributed by atoms with van der Waals surface area (Å²) in [5, 5.41) is 12.4. The summed E-state index contributed by atoms with van der Waals surface area (Å²) in [5.41, 5.74) is 2.94. The number of aryl methyl sites for hydroxylation is 2. The maximum atomic E-state index is 12.4. The van der Waals surface area contributed by atoms with Gasteiger partial charge in [-0.2, -0.15) is 0 Å². The molecule has 0 unspecified atom stereocenters. The number of nitrogens with zero attached hydrogens (tertiary/aromatic N) is 3. The van der Waals surface area contributed by atoms with Gasteiger partial charge in [0.1, 0.15) is 12.4 Å². The third-order valence-electron chi connectivity index (χ3n) is 4.49. The zero-order valence-corrected chi connectivity index (χ0v) is 20.4. The van der Waals surface area contributed by atoms with Crippen LogP contribution in [-0.2, 0) is 17.9 Å². The molecule has 3 aromatic rings. The molecule has 0 aliphatic rings. The standard InChI is InChI=1S/C22H22BrClN4O2S/c1-4-9-28-20(12-30-17-7-5-14(2)15(3)10-17)26-27-22(28)31-13-21(29)25-19-8-6-16(23)11-18(19)24/h4-8,10-11H,1,9,12-13H2,2-3H3,(H,25,29). The number of allylic oxidation sites excluding steroid dienone is 1. The van der Waals surface area contributed by atoms with Crippen LogP contribution in [0.25, 0.3) is 0 Å². The van der Waals surface area contributed by atoms with Gasteiger partial charge >= 0.3 is 0 Å². The average molecular weight is 522 g/mol. The number of aromatic nitrogens is 3. The van der Waals surface area contributed by atoms with Crippen molar-refractivity contribution < 1.29 is 9.53 Å². The fraction of sp³-hybridized carbons (Fsp3) is 0.227. The minimum absolute atomic E-state index is 0.166. The molecule has 6 nitrogen and oxygen atoms in total. The molecule has 1 aromatic heterocycles. The minimum Gasteiger partial charge on any atom is -0.486 e. The summed E-state index contributed by atoms with van der Waals surface area (Å²) in [6.07, 6.45) is 1.76. The third-order valence-corrected chi connectivity index (χ3v) is 6.26. The lowest BCUT2D eigenvalue weighted by atomic mass is 10.1. The molecule has 0 saturated carbocycles. The summed E-state index contributed by atoms with van der Waals surface area (Å²) in [6.45, 7) is 8.69. The van der Waals surface area contributed by atoms with Gasteiger partial charge in [0.25, 0.3) is 0 Å². The number of rotatable bonds is 9. The summed E-state index contributed by atoms with van der Waals surface area (Å²) in [6, 6.07) is 11.2. The fourth-order valence-corrected chi connectivity index (χ4v) is 4.19. The minimum atomic E-state index is -0.185. The molecule has 2 aromatic carbocycles. The van der Waals surface area contributed by atoms with Gasteiger partial charge in [-0.3, -0.25) is 9.36 Å². The lowest BCUT2D eigenvalue weighted by molar-refractivity contribution is -0.113. The Morgan fingerprint density at radius 2 is 2.06 bits per heavy atom. The highest BCUT2D eigenvalue weighted by Crippen LogP contribution is 2.26. The summed E-state index contributed by atoms with van der Waals surface area (Å²) in [5.74, 6) is 1.42. The lowest BCUT2D eigenvalue weighted by Crippen LogP contribution is -2.15. The first-order chi connectivity index (χ1) is 14.9. The molecule has 0 bridgehead atoms. The second-order valence-corrected chi connectivity index (χ2v) is 9.06. The van der Waals surface area contributed by atoms with Crippen LogP contribution in [0.1, 0.15) is 17.0 Å². The van der Waals surface area contributed by atoms with Gasteiger partial charge in [0.15, 0.2) is 11.0 Å². The summed E-state index contributed by atoms with van der Waals surface area (Å²) in [4.78, 5) is 12.4. The molecule has 0 atom stereocenters. The predicted molar refractivity (Wildman–Crippen MR) is 129 cm³/mol. The van der Waals surface area contributed by atoms with Crippen LogP contribution < -0.4 is 10.1 Å². The van der Waals surface area contributed by atoms with E-state index in [9.17, 15) is 4.79 Å². The number of hydrogen-bond acceptors (Lipinski definition) is 5. The van der Waals surface area contributed by atoms with Crippen LogP contribution in [0, 0.1) is 13.8 Å². The largest absolute Gasteiger partial charge is 0.486 e. The van der Waals surface area contributed by atoms with Gasteiger partial charge in [-0.25, -0.2) is 0 Å². The number of amides is 1. The van der Waals surface area contributed by atoms with Crippen molar-refractivity contribution in [1.82, 2.24) is 14.8 Å². The van der Waals surface area contributed by atoms with E-state index in [-0.39, 0.29) is 18.3 Å². The normalized spacial score (nSPS) is 10.7. The van der Waals surface area contributed by atoms with Crippen molar-refractivity contribution in [2.24, 2.45) is 0 Å². The third kappa shape index (κ3) is 6.35. The highest BCUT2D eigenvalue weighted by atomic mass is 79.9. The molecule has 1 amide bonds. The number of carbonyl (C=O) groups excluding carboxylic acids is 1. The van der Waals surface area contributed by atoms with Crippen LogP contribution in [0.5, 0.6) is 5.75 Å². The summed E-state index contributed by atoms with van der Waals surface area (Å²) in [7, 11) is 0. The number of nitrogens with one attached hydrogen (secondary N) is 1. The van der Waals surface area contributed by atoms with Gasteiger partial charge in [-0.05, 0) is 55.3 Å². The Morgan fingerprint density at radius 1 is 1.26 bits per heavy atom. The van der Waals surface area contributed by atoms with Crippen LogP contribution >= 0.6 is 39.3 Å². The molecule has 0 fully saturated rings. The second kappa shape index (κ2) is 10.8. The first-order valence-electron chi connectivity index (χ1n) is 9.48. The van der Waals surface area contributed by atoms with E-state index < -0.39 is 0 Å². The first kappa shape index (κ1) is 23.4. The van der Waals surface area contributed by atoms with Crippen LogP contribution in [0.4, 0.5) is 5.69 Å². The predicted octanol–water partition coefficient (Wildman–Crippen LogP) is 5.81. The Kier molecular flexibility index (Phi) is 8.17. The number of ether oxygens (including phenoxy) is 1. The van der Waals surface area contributed by atoms with Gasteiger partial charge < -0.3 is 10.1 Å². The highest BCUT2D eigenvalue weighted by Gasteiger charge is 2.15. The van der Waals surface area contributed by atoms with Crippen LogP contribution in [0.15, 0.2) is 58.7 Å². The van der Waals surface area contributed by atoms with Crippen LogP contribution in [0.2, 0.25) is 5.02 Å². The zero-order valence-electron chi connectivity index (χ0n) is 17.2. The van der Waals surface area contributed by atoms with E-state index in [0.29, 0.717) is 28.2 Å². The Morgan fingerprint density at radius 3 is 2.77 bits per heavy atom. The van der Waals surface area contributed by atoms with Crippen molar-refractivity contribution in [3.8, 4) is 5.75 Å². The fourth-order valence-electron chi connectivity index (χ4n) is 2.70. The van der Waals surface area contributed by atoms with Crippen molar-refractivity contribution in [2.45, 2.75) is 32.2 Å². The monoisotopic (exact) mass is 520 g/mol. The van der Waals surface area contributed by atoms with E-state index in [2.05, 4.69) is 44.9 Å².